The number of carboxylic acid groups (broad SMARTS) is 1. The number of nitrogens with zero attached hydrogens (tertiary/aromatic N) is 4. The summed E-state index contributed by atoms with van der Waals surface area (Å²) in [5.41, 5.74) is 4.11. The van der Waals surface area contributed by atoms with E-state index in [1.165, 1.54) is 7.11 Å². The lowest BCUT2D eigenvalue weighted by molar-refractivity contribution is -0.138. The zero-order chi connectivity index (χ0) is 28.9. The molecule has 0 radical (unpaired) electrons. The maximum absolute atomic E-state index is 12.9. The highest BCUT2D eigenvalue weighted by atomic mass is 16.6. The van der Waals surface area contributed by atoms with Crippen LogP contribution in [0, 0.1) is 6.92 Å². The first kappa shape index (κ1) is 27.4. The molecule has 41 heavy (non-hydrogen) atoms. The highest BCUT2D eigenvalue weighted by Crippen LogP contribution is 2.26. The van der Waals surface area contributed by atoms with Crippen molar-refractivity contribution < 1.29 is 28.6 Å². The van der Waals surface area contributed by atoms with Gasteiger partial charge in [-0.2, -0.15) is 0 Å². The number of carboxylic acids is 1. The predicted octanol–water partition coefficient (Wildman–Crippen LogP) is 5.70. The molecule has 2 heterocycles. The smallest absolute Gasteiger partial charge is 0.416 e. The molecule has 1 amide bonds. The number of rotatable bonds is 10. The molecule has 2 aromatic heterocycles. The summed E-state index contributed by atoms with van der Waals surface area (Å²) in [4.78, 5) is 35.2. The number of aryl methyl sites for hydroxylation is 2. The average molecular weight is 555 g/mol. The van der Waals surface area contributed by atoms with Gasteiger partial charge in [0, 0.05) is 18.7 Å². The number of carbonyl (C=O) groups is 2. The molecule has 0 aliphatic heterocycles. The molecule has 0 saturated heterocycles. The molecule has 5 rings (SSSR count). The van der Waals surface area contributed by atoms with Crippen molar-refractivity contribution in [3.63, 3.8) is 0 Å². The molecule has 0 bridgehead atoms. The van der Waals surface area contributed by atoms with E-state index in [4.69, 9.17) is 23.9 Å². The summed E-state index contributed by atoms with van der Waals surface area (Å²) in [6, 6.07) is 21.9. The number of fused-ring (bicyclic) bond motifs is 1. The van der Waals surface area contributed by atoms with E-state index in [0.29, 0.717) is 24.6 Å². The SMILES string of the molecule is CCn1c(Cc2nc(-c3ccccc3)oc2C)nc2cc(CN(CC(=O)O)C(=O)Oc3ccc(OC)cc3)ccc21. The Morgan fingerprint density at radius 2 is 1.73 bits per heavy atom. The lowest BCUT2D eigenvalue weighted by Gasteiger charge is -2.20. The Morgan fingerprint density at radius 3 is 2.41 bits per heavy atom. The van der Waals surface area contributed by atoms with Crippen LogP contribution in [0.2, 0.25) is 0 Å². The summed E-state index contributed by atoms with van der Waals surface area (Å²) < 4.78 is 18.6. The Morgan fingerprint density at radius 1 is 1.00 bits per heavy atom. The van der Waals surface area contributed by atoms with Crippen LogP contribution in [-0.4, -0.2) is 50.3 Å². The van der Waals surface area contributed by atoms with Crippen molar-refractivity contribution >= 4 is 23.1 Å². The fraction of sp³-hybridized carbons (Fsp3) is 0.226. The molecule has 1 N–H and O–H groups in total. The number of aromatic nitrogens is 3. The molecule has 10 nitrogen and oxygen atoms in total. The van der Waals surface area contributed by atoms with Crippen LogP contribution in [0.4, 0.5) is 4.79 Å². The van der Waals surface area contributed by atoms with E-state index in [2.05, 4.69) is 4.57 Å². The minimum absolute atomic E-state index is 0.0361. The van der Waals surface area contributed by atoms with Crippen molar-refractivity contribution in [3.8, 4) is 23.0 Å². The number of imidazole rings is 1. The van der Waals surface area contributed by atoms with Gasteiger partial charge in [0.2, 0.25) is 5.89 Å². The number of benzene rings is 3. The van der Waals surface area contributed by atoms with Crippen molar-refractivity contribution in [2.24, 2.45) is 0 Å². The second-order valence-electron chi connectivity index (χ2n) is 9.45. The Bertz CT molecular complexity index is 1670. The second kappa shape index (κ2) is 12.0. The van der Waals surface area contributed by atoms with E-state index in [-0.39, 0.29) is 12.3 Å². The number of hydrogen-bond acceptors (Lipinski definition) is 7. The first-order valence-corrected chi connectivity index (χ1v) is 13.2. The monoisotopic (exact) mass is 554 g/mol. The van der Waals surface area contributed by atoms with Gasteiger partial charge in [-0.1, -0.05) is 24.3 Å². The molecule has 10 heteroatoms. The standard InChI is InChI=1S/C31H30N4O6/c1-4-35-27-15-10-21(18-34(19-29(36)37)31(38)41-24-13-11-23(39-3)12-14-24)16-26(27)32-28(35)17-25-20(2)40-30(33-25)22-8-6-5-7-9-22/h5-16H,4,17-19H2,1-3H3,(H,36,37). The molecule has 0 aliphatic rings. The van der Waals surface area contributed by atoms with Gasteiger partial charge in [0.05, 0.1) is 30.3 Å². The van der Waals surface area contributed by atoms with Crippen molar-refractivity contribution in [2.75, 3.05) is 13.7 Å². The van der Waals surface area contributed by atoms with E-state index >= 15 is 0 Å². The van der Waals surface area contributed by atoms with Crippen LogP contribution < -0.4 is 9.47 Å². The summed E-state index contributed by atoms with van der Waals surface area (Å²) >= 11 is 0. The van der Waals surface area contributed by atoms with Crippen LogP contribution in [-0.2, 0) is 24.3 Å². The van der Waals surface area contributed by atoms with E-state index in [9.17, 15) is 14.7 Å². The fourth-order valence-electron chi connectivity index (χ4n) is 4.64. The Labute approximate surface area is 236 Å². The number of amides is 1. The van der Waals surface area contributed by atoms with Crippen molar-refractivity contribution in [2.45, 2.75) is 33.4 Å². The maximum atomic E-state index is 12.9. The number of carbonyl (C=O) groups excluding carboxylic acids is 1. The molecule has 0 spiro atoms. The quantitative estimate of drug-likeness (QED) is 0.233. The fourth-order valence-corrected chi connectivity index (χ4v) is 4.64. The van der Waals surface area contributed by atoms with Crippen LogP contribution >= 0.6 is 0 Å². The van der Waals surface area contributed by atoms with Gasteiger partial charge < -0.3 is 23.6 Å². The third-order valence-electron chi connectivity index (χ3n) is 6.67. The van der Waals surface area contributed by atoms with E-state index in [0.717, 1.165) is 44.3 Å². The predicted molar refractivity (Wildman–Crippen MR) is 152 cm³/mol. The van der Waals surface area contributed by atoms with Crippen molar-refractivity contribution in [1.82, 2.24) is 19.4 Å². The van der Waals surface area contributed by atoms with Crippen LogP contribution in [0.1, 0.15) is 29.8 Å². The summed E-state index contributed by atoms with van der Waals surface area (Å²) in [5, 5.41) is 9.43. The summed E-state index contributed by atoms with van der Waals surface area (Å²) in [6.07, 6.45) is -0.285. The average Bonchev–Trinajstić information content (AvgIpc) is 3.52. The van der Waals surface area contributed by atoms with Gasteiger partial charge in [-0.05, 0) is 67.9 Å². The third kappa shape index (κ3) is 6.22. The summed E-state index contributed by atoms with van der Waals surface area (Å²) in [5.74, 6) is 1.89. The van der Waals surface area contributed by atoms with E-state index < -0.39 is 18.6 Å². The Kier molecular flexibility index (Phi) is 8.00. The van der Waals surface area contributed by atoms with Crippen LogP contribution in [0.3, 0.4) is 0 Å². The van der Waals surface area contributed by atoms with Crippen LogP contribution in [0.25, 0.3) is 22.5 Å². The molecule has 0 saturated carbocycles. The number of aliphatic carboxylic acids is 1. The lowest BCUT2D eigenvalue weighted by Crippen LogP contribution is -2.37. The van der Waals surface area contributed by atoms with Gasteiger partial charge in [0.15, 0.2) is 0 Å². The minimum atomic E-state index is -1.15. The second-order valence-corrected chi connectivity index (χ2v) is 9.45. The largest absolute Gasteiger partial charge is 0.497 e. The van der Waals surface area contributed by atoms with E-state index in [1.54, 1.807) is 24.3 Å². The highest BCUT2D eigenvalue weighted by Gasteiger charge is 2.21. The van der Waals surface area contributed by atoms with Crippen LogP contribution in [0.15, 0.2) is 77.2 Å². The molecule has 0 atom stereocenters. The highest BCUT2D eigenvalue weighted by molar-refractivity contribution is 5.79. The first-order chi connectivity index (χ1) is 19.8. The first-order valence-electron chi connectivity index (χ1n) is 13.2. The number of hydrogen-bond donors (Lipinski definition) is 1. The molecule has 0 aliphatic carbocycles. The van der Waals surface area contributed by atoms with Crippen LogP contribution in [0.5, 0.6) is 11.5 Å². The van der Waals surface area contributed by atoms with Gasteiger partial charge >= 0.3 is 12.1 Å². The summed E-state index contributed by atoms with van der Waals surface area (Å²) in [6.45, 7) is 4.17. The van der Waals surface area contributed by atoms with Gasteiger partial charge in [0.1, 0.15) is 29.6 Å². The molecule has 0 unspecified atom stereocenters. The van der Waals surface area contributed by atoms with Gasteiger partial charge in [0.25, 0.3) is 0 Å². The molecular formula is C31H30N4O6. The van der Waals surface area contributed by atoms with Crippen molar-refractivity contribution in [3.05, 3.63) is 95.6 Å². The normalized spacial score (nSPS) is 11.0. The number of ether oxygens (including phenoxy) is 2. The Balaban J connectivity index is 1.37. The zero-order valence-corrected chi connectivity index (χ0v) is 23.0. The third-order valence-corrected chi connectivity index (χ3v) is 6.67. The number of methoxy groups -OCH3 is 1. The summed E-state index contributed by atoms with van der Waals surface area (Å²) in [7, 11) is 1.54. The molecular weight excluding hydrogens is 524 g/mol. The van der Waals surface area contributed by atoms with Gasteiger partial charge in [-0.15, -0.1) is 0 Å². The topological polar surface area (TPSA) is 120 Å². The maximum Gasteiger partial charge on any atom is 0.416 e. The number of oxazole rings is 1. The molecule has 210 valence electrons. The van der Waals surface area contributed by atoms with Crippen molar-refractivity contribution in [1.29, 1.82) is 0 Å². The lowest BCUT2D eigenvalue weighted by atomic mass is 10.2. The molecule has 3 aromatic carbocycles. The van der Waals surface area contributed by atoms with E-state index in [1.807, 2.05) is 62.4 Å². The Hall–Kier alpha value is -5.12. The molecule has 0 fully saturated rings. The minimum Gasteiger partial charge on any atom is -0.497 e. The van der Waals surface area contributed by atoms with Gasteiger partial charge in [-0.3, -0.25) is 9.69 Å². The van der Waals surface area contributed by atoms with Gasteiger partial charge in [-0.25, -0.2) is 14.8 Å². The zero-order valence-electron chi connectivity index (χ0n) is 23.0. The molecule has 5 aromatic rings.